The lowest BCUT2D eigenvalue weighted by molar-refractivity contribution is -0.385. The van der Waals surface area contributed by atoms with Gasteiger partial charge in [-0.1, -0.05) is 23.4 Å². The van der Waals surface area contributed by atoms with Crippen LogP contribution < -0.4 is 10.7 Å². The lowest BCUT2D eigenvalue weighted by Gasteiger charge is -2.00. The van der Waals surface area contributed by atoms with Crippen molar-refractivity contribution in [2.75, 3.05) is 0 Å². The first-order valence-corrected chi connectivity index (χ1v) is 7.88. The van der Waals surface area contributed by atoms with Crippen LogP contribution in [0.15, 0.2) is 41.6 Å². The first kappa shape index (κ1) is 25.2. The summed E-state index contributed by atoms with van der Waals surface area (Å²) in [7, 11) is 0. The summed E-state index contributed by atoms with van der Waals surface area (Å²) >= 11 is 4.30. The fourth-order valence-electron chi connectivity index (χ4n) is 1.90. The Hall–Kier alpha value is -3.79. The fourth-order valence-corrected chi connectivity index (χ4v) is 1.90. The number of nitro groups is 2. The van der Waals surface area contributed by atoms with E-state index in [1.165, 1.54) is 17.1 Å². The maximum absolute atomic E-state index is 10.5. The number of nitriles is 1. The molecule has 0 unspecified atom stereocenters. The van der Waals surface area contributed by atoms with Crippen LogP contribution in [-0.2, 0) is 0 Å². The third-order valence-electron chi connectivity index (χ3n) is 3.34. The Bertz CT molecular complexity index is 944. The van der Waals surface area contributed by atoms with Crippen LogP contribution in [0.4, 0.5) is 11.4 Å². The summed E-state index contributed by atoms with van der Waals surface area (Å²) in [6, 6.07) is 10.6. The Morgan fingerprint density at radius 2 is 1.59 bits per heavy atom. The summed E-state index contributed by atoms with van der Waals surface area (Å²) in [4.78, 5) is 21.2. The van der Waals surface area contributed by atoms with Crippen molar-refractivity contribution in [1.82, 2.24) is 5.00 Å². The fraction of sp³-hybridized carbons (Fsp3) is 0.125. The van der Waals surface area contributed by atoms with Crippen molar-refractivity contribution in [3.8, 4) is 6.07 Å². The molecule has 0 amide bonds. The normalized spacial score (nSPS) is 9.83. The van der Waals surface area contributed by atoms with E-state index in [0.717, 1.165) is 0 Å². The Morgan fingerprint density at radius 1 is 1.14 bits per heavy atom. The molecule has 12 nitrogen and oxygen atoms in total. The minimum Gasteiger partial charge on any atom is -0.409 e. The number of nitro benzene ring substituents is 2. The van der Waals surface area contributed by atoms with Gasteiger partial charge in [-0.25, -0.2) is 0 Å². The van der Waals surface area contributed by atoms with Gasteiger partial charge >= 0.3 is 0 Å². The molecular formula is C16H17ClN6O6. The number of nitrogens with one attached hydrogen (secondary N) is 1. The molecule has 0 bridgehead atoms. The number of nitrogens with two attached hydrogens (primary N) is 1. The number of oxime groups is 1. The monoisotopic (exact) mass is 424 g/mol. The van der Waals surface area contributed by atoms with Crippen molar-refractivity contribution < 1.29 is 20.3 Å². The molecule has 0 saturated heterocycles. The average Bonchev–Trinajstić information content (AvgIpc) is 2.68. The van der Waals surface area contributed by atoms with Gasteiger partial charge < -0.3 is 16.1 Å². The number of hydrogen-bond acceptors (Lipinski definition) is 9. The third kappa shape index (κ3) is 8.18. The van der Waals surface area contributed by atoms with E-state index in [4.69, 9.17) is 21.4 Å². The van der Waals surface area contributed by atoms with Gasteiger partial charge in [0.15, 0.2) is 5.84 Å². The van der Waals surface area contributed by atoms with Crippen molar-refractivity contribution in [1.29, 1.82) is 5.26 Å². The lowest BCUT2D eigenvalue weighted by atomic mass is 10.1. The van der Waals surface area contributed by atoms with Gasteiger partial charge in [-0.15, -0.1) is 5.00 Å². The Morgan fingerprint density at radius 3 is 2.00 bits per heavy atom. The van der Waals surface area contributed by atoms with Gasteiger partial charge in [0.05, 0.1) is 21.5 Å². The van der Waals surface area contributed by atoms with E-state index in [2.05, 4.69) is 16.9 Å². The Kier molecular flexibility index (Phi) is 10.9. The summed E-state index contributed by atoms with van der Waals surface area (Å²) in [5.74, 6) is -0.145. The second-order valence-electron chi connectivity index (χ2n) is 5.20. The number of rotatable bonds is 3. The lowest BCUT2D eigenvalue weighted by Crippen LogP contribution is -2.13. The minimum absolute atomic E-state index is 0.00551. The summed E-state index contributed by atoms with van der Waals surface area (Å²) in [6.45, 7) is 3.26. The predicted octanol–water partition coefficient (Wildman–Crippen LogP) is 2.89. The molecule has 5 N–H and O–H groups in total. The van der Waals surface area contributed by atoms with E-state index in [-0.39, 0.29) is 17.2 Å². The molecule has 0 spiro atoms. The molecule has 0 saturated carbocycles. The molecule has 2 aromatic carbocycles. The molecule has 29 heavy (non-hydrogen) atoms. The molecule has 0 atom stereocenters. The van der Waals surface area contributed by atoms with E-state index < -0.39 is 9.85 Å². The number of nitrogens with zero attached hydrogens (tertiary/aromatic N) is 4. The van der Waals surface area contributed by atoms with Crippen LogP contribution in [0.1, 0.15) is 22.3 Å². The summed E-state index contributed by atoms with van der Waals surface area (Å²) in [5.41, 5.74) is 6.97. The molecule has 0 aliphatic rings. The van der Waals surface area contributed by atoms with E-state index in [1.54, 1.807) is 38.1 Å². The van der Waals surface area contributed by atoms with E-state index >= 15 is 0 Å². The largest absolute Gasteiger partial charge is 0.409 e. The molecule has 2 rings (SSSR count). The van der Waals surface area contributed by atoms with Crippen LogP contribution in [-0.4, -0.2) is 26.1 Å². The van der Waals surface area contributed by atoms with Crippen LogP contribution in [0.3, 0.4) is 0 Å². The Balaban J connectivity index is 0.000000481. The SMILES string of the molecule is Cc1ccc(/C(N)=N/O)cc1[N+](=O)[O-].Cc1ccc(C#N)cc1[N+](=O)[O-].ONCl. The topological polar surface area (TPSA) is 201 Å². The maximum Gasteiger partial charge on any atom is 0.273 e. The first-order chi connectivity index (χ1) is 13.6. The zero-order valence-corrected chi connectivity index (χ0v) is 16.0. The van der Waals surface area contributed by atoms with Gasteiger partial charge in [-0.3, -0.25) is 20.2 Å². The number of halogens is 1. The summed E-state index contributed by atoms with van der Waals surface area (Å²) in [6.07, 6.45) is 0. The van der Waals surface area contributed by atoms with E-state index in [1.807, 2.05) is 6.07 Å². The van der Waals surface area contributed by atoms with Crippen molar-refractivity contribution in [2.45, 2.75) is 13.8 Å². The predicted molar refractivity (Wildman–Crippen MR) is 104 cm³/mol. The number of hydrogen-bond donors (Lipinski definition) is 4. The molecule has 0 heterocycles. The molecule has 0 aromatic heterocycles. The van der Waals surface area contributed by atoms with Gasteiger partial charge in [-0.05, 0) is 19.9 Å². The summed E-state index contributed by atoms with van der Waals surface area (Å²) < 4.78 is 0. The number of aryl methyl sites for hydroxylation is 2. The molecule has 0 radical (unpaired) electrons. The zero-order valence-electron chi connectivity index (χ0n) is 15.2. The molecule has 0 aliphatic heterocycles. The van der Waals surface area contributed by atoms with Gasteiger partial charge in [0, 0.05) is 40.6 Å². The van der Waals surface area contributed by atoms with Crippen molar-refractivity contribution in [2.24, 2.45) is 10.9 Å². The van der Waals surface area contributed by atoms with Crippen LogP contribution in [0.5, 0.6) is 0 Å². The Labute approximate surface area is 169 Å². The highest BCUT2D eigenvalue weighted by atomic mass is 35.5. The van der Waals surface area contributed by atoms with Crippen LogP contribution in [0, 0.1) is 45.4 Å². The first-order valence-electron chi connectivity index (χ1n) is 7.50. The maximum atomic E-state index is 10.5. The second-order valence-corrected chi connectivity index (χ2v) is 5.37. The highest BCUT2D eigenvalue weighted by Gasteiger charge is 2.12. The molecule has 13 heteroatoms. The van der Waals surface area contributed by atoms with Gasteiger partial charge in [0.2, 0.25) is 0 Å². The molecular weight excluding hydrogens is 408 g/mol. The summed E-state index contributed by atoms with van der Waals surface area (Å²) in [5, 5.41) is 47.6. The van der Waals surface area contributed by atoms with Gasteiger partial charge in [0.25, 0.3) is 11.4 Å². The van der Waals surface area contributed by atoms with Crippen LogP contribution in [0.25, 0.3) is 0 Å². The van der Waals surface area contributed by atoms with E-state index in [9.17, 15) is 20.2 Å². The number of amidine groups is 1. The molecule has 154 valence electrons. The highest BCUT2D eigenvalue weighted by molar-refractivity contribution is 6.12. The minimum atomic E-state index is -0.510. The molecule has 0 fully saturated rings. The van der Waals surface area contributed by atoms with Crippen molar-refractivity contribution >= 4 is 29.0 Å². The van der Waals surface area contributed by atoms with E-state index in [0.29, 0.717) is 22.3 Å². The quantitative estimate of drug-likeness (QED) is 0.142. The van der Waals surface area contributed by atoms with Gasteiger partial charge in [-0.2, -0.15) is 5.26 Å². The average molecular weight is 425 g/mol. The number of benzene rings is 2. The highest BCUT2D eigenvalue weighted by Crippen LogP contribution is 2.19. The van der Waals surface area contributed by atoms with Crippen LogP contribution in [0.2, 0.25) is 0 Å². The smallest absolute Gasteiger partial charge is 0.273 e. The van der Waals surface area contributed by atoms with Crippen molar-refractivity contribution in [3.05, 3.63) is 78.9 Å². The second kappa shape index (κ2) is 12.6. The zero-order chi connectivity index (χ0) is 22.6. The molecule has 2 aromatic rings. The van der Waals surface area contributed by atoms with Crippen molar-refractivity contribution in [3.63, 3.8) is 0 Å². The molecule has 0 aliphatic carbocycles. The van der Waals surface area contributed by atoms with Crippen LogP contribution >= 0.6 is 11.8 Å². The standard InChI is InChI=1S/C8H9N3O3.C8H6N2O2.ClH2NO/c1-5-2-3-6(8(9)10-12)4-7(5)11(13)14;1-6-2-3-7(5-9)4-8(6)10(11)12;1-2-3/h2-4,12H,1H3,(H2,9,10);2-4H,1H3;2-3H. The van der Waals surface area contributed by atoms with Gasteiger partial charge in [0.1, 0.15) is 0 Å². The third-order valence-corrected chi connectivity index (χ3v) is 3.34.